The van der Waals surface area contributed by atoms with E-state index in [1.165, 1.54) is 0 Å². The molecule has 5 nitrogen and oxygen atoms in total. The van der Waals surface area contributed by atoms with E-state index in [1.54, 1.807) is 12.3 Å². The highest BCUT2D eigenvalue weighted by molar-refractivity contribution is 5.87. The number of carboxylic acid groups (broad SMARTS) is 1. The third kappa shape index (κ3) is 2.86. The Kier molecular flexibility index (Phi) is 3.55. The van der Waals surface area contributed by atoms with Crippen molar-refractivity contribution in [3.05, 3.63) is 65.9 Å². The van der Waals surface area contributed by atoms with E-state index in [2.05, 4.69) is 4.98 Å². The molecule has 0 fully saturated rings. The van der Waals surface area contributed by atoms with Gasteiger partial charge in [-0.1, -0.05) is 18.2 Å². The number of aromatic nitrogens is 1. The Morgan fingerprint density at radius 3 is 2.57 bits per heavy atom. The molecule has 5 heteroatoms. The summed E-state index contributed by atoms with van der Waals surface area (Å²) in [6, 6.07) is 12.9. The molecule has 0 aliphatic carbocycles. The van der Waals surface area contributed by atoms with Crippen LogP contribution in [0.25, 0.3) is 11.5 Å². The van der Waals surface area contributed by atoms with Crippen LogP contribution in [0.5, 0.6) is 0 Å². The minimum atomic E-state index is -1.09. The lowest BCUT2D eigenvalue weighted by Crippen LogP contribution is -2.02. The molecule has 3 aromatic rings. The minimum Gasteiger partial charge on any atom is -0.476 e. The monoisotopic (exact) mass is 283 g/mol. The van der Waals surface area contributed by atoms with Gasteiger partial charge in [0.05, 0.1) is 6.26 Å². The summed E-state index contributed by atoms with van der Waals surface area (Å²) in [6.07, 6.45) is 2.58. The van der Waals surface area contributed by atoms with Gasteiger partial charge in [-0.25, -0.2) is 9.78 Å². The maximum atomic E-state index is 11.3. The molecule has 0 bridgehead atoms. The van der Waals surface area contributed by atoms with Gasteiger partial charge in [-0.2, -0.15) is 0 Å². The number of benzene rings is 1. The largest absolute Gasteiger partial charge is 0.476 e. The molecule has 0 unspecified atom stereocenters. The van der Waals surface area contributed by atoms with Crippen molar-refractivity contribution >= 4 is 5.97 Å². The molecule has 1 aromatic carbocycles. The molecule has 3 rings (SSSR count). The van der Waals surface area contributed by atoms with Gasteiger partial charge in [0, 0.05) is 18.4 Å². The average Bonchev–Trinajstić information content (AvgIpc) is 3.15. The topological polar surface area (TPSA) is 76.5 Å². The Hall–Kier alpha value is -2.82. The first-order chi connectivity index (χ1) is 10.2. The van der Waals surface area contributed by atoms with Crippen LogP contribution in [0, 0.1) is 0 Å². The van der Waals surface area contributed by atoms with Crippen LogP contribution in [0.1, 0.15) is 22.0 Å². The van der Waals surface area contributed by atoms with E-state index >= 15 is 0 Å². The molecule has 0 saturated carbocycles. The van der Waals surface area contributed by atoms with E-state index in [4.69, 9.17) is 8.83 Å². The van der Waals surface area contributed by atoms with Crippen LogP contribution in [0.15, 0.2) is 57.6 Å². The van der Waals surface area contributed by atoms with Crippen molar-refractivity contribution in [2.24, 2.45) is 0 Å². The fraction of sp³-hybridized carbons (Fsp3) is 0.125. The molecule has 2 heterocycles. The van der Waals surface area contributed by atoms with E-state index in [9.17, 15) is 9.90 Å². The highest BCUT2D eigenvalue weighted by Crippen LogP contribution is 2.23. The Morgan fingerprint density at radius 1 is 1.10 bits per heavy atom. The number of nitrogens with zero attached hydrogens (tertiary/aromatic N) is 1. The van der Waals surface area contributed by atoms with Crippen molar-refractivity contribution in [2.75, 3.05) is 0 Å². The first-order valence-corrected chi connectivity index (χ1v) is 6.55. The van der Waals surface area contributed by atoms with Crippen molar-refractivity contribution < 1.29 is 18.7 Å². The van der Waals surface area contributed by atoms with Crippen molar-refractivity contribution in [1.29, 1.82) is 0 Å². The van der Waals surface area contributed by atoms with Gasteiger partial charge in [0.2, 0.25) is 5.89 Å². The third-order valence-electron chi connectivity index (χ3n) is 3.10. The quantitative estimate of drug-likeness (QED) is 0.776. The van der Waals surface area contributed by atoms with E-state index in [1.807, 2.05) is 36.4 Å². The summed E-state index contributed by atoms with van der Waals surface area (Å²) < 4.78 is 10.9. The van der Waals surface area contributed by atoms with Crippen LogP contribution in [0.4, 0.5) is 0 Å². The van der Waals surface area contributed by atoms with Gasteiger partial charge in [-0.05, 0) is 24.3 Å². The second kappa shape index (κ2) is 5.66. The number of furan rings is 1. The lowest BCUT2D eigenvalue weighted by Gasteiger charge is -1.96. The first-order valence-electron chi connectivity index (χ1n) is 6.55. The molecule has 0 aliphatic rings. The Morgan fingerprint density at radius 2 is 1.90 bits per heavy atom. The SMILES string of the molecule is O=C(O)c1nc(-c2ccccc2)oc1CCc1ccco1. The summed E-state index contributed by atoms with van der Waals surface area (Å²) in [5.74, 6) is 0.375. The van der Waals surface area contributed by atoms with Gasteiger partial charge in [0.1, 0.15) is 11.5 Å². The maximum absolute atomic E-state index is 11.3. The summed E-state index contributed by atoms with van der Waals surface area (Å²) in [5.41, 5.74) is 0.713. The van der Waals surface area contributed by atoms with Crippen molar-refractivity contribution in [2.45, 2.75) is 12.8 Å². The van der Waals surface area contributed by atoms with Gasteiger partial charge in [0.25, 0.3) is 0 Å². The number of carboxylic acids is 1. The lowest BCUT2D eigenvalue weighted by molar-refractivity contribution is 0.0688. The second-order valence-corrected chi connectivity index (χ2v) is 4.54. The fourth-order valence-corrected chi connectivity index (χ4v) is 2.08. The standard InChI is InChI=1S/C16H13NO4/c18-16(19)14-13(9-8-12-7-4-10-20-12)21-15(17-14)11-5-2-1-3-6-11/h1-7,10H,8-9H2,(H,18,19). The highest BCUT2D eigenvalue weighted by atomic mass is 16.4. The first kappa shape index (κ1) is 13.2. The Bertz CT molecular complexity index is 729. The summed E-state index contributed by atoms with van der Waals surface area (Å²) in [7, 11) is 0. The van der Waals surface area contributed by atoms with Crippen LogP contribution in [0.3, 0.4) is 0 Å². The van der Waals surface area contributed by atoms with Gasteiger partial charge in [-0.15, -0.1) is 0 Å². The molecule has 1 N–H and O–H groups in total. The molecule has 0 radical (unpaired) electrons. The molecular formula is C16H13NO4. The fourth-order valence-electron chi connectivity index (χ4n) is 2.08. The molecule has 0 spiro atoms. The van der Waals surface area contributed by atoms with Crippen LogP contribution >= 0.6 is 0 Å². The number of oxazole rings is 1. The van der Waals surface area contributed by atoms with E-state index < -0.39 is 5.97 Å². The van der Waals surface area contributed by atoms with Crippen LogP contribution in [-0.2, 0) is 12.8 Å². The van der Waals surface area contributed by atoms with Crippen molar-refractivity contribution in [3.63, 3.8) is 0 Å². The van der Waals surface area contributed by atoms with Crippen molar-refractivity contribution in [1.82, 2.24) is 4.98 Å². The second-order valence-electron chi connectivity index (χ2n) is 4.54. The maximum Gasteiger partial charge on any atom is 0.358 e. The van der Waals surface area contributed by atoms with Crippen LogP contribution in [-0.4, -0.2) is 16.1 Å². The molecule has 106 valence electrons. The zero-order chi connectivity index (χ0) is 14.7. The number of hydrogen-bond donors (Lipinski definition) is 1. The molecule has 0 amide bonds. The zero-order valence-corrected chi connectivity index (χ0v) is 11.2. The summed E-state index contributed by atoms with van der Waals surface area (Å²) in [4.78, 5) is 15.4. The Balaban J connectivity index is 1.88. The lowest BCUT2D eigenvalue weighted by atomic mass is 10.2. The van der Waals surface area contributed by atoms with E-state index in [-0.39, 0.29) is 5.69 Å². The molecule has 0 atom stereocenters. The van der Waals surface area contributed by atoms with E-state index in [0.29, 0.717) is 24.5 Å². The van der Waals surface area contributed by atoms with Crippen LogP contribution < -0.4 is 0 Å². The summed E-state index contributed by atoms with van der Waals surface area (Å²) in [6.45, 7) is 0. The minimum absolute atomic E-state index is 0.0413. The summed E-state index contributed by atoms with van der Waals surface area (Å²) in [5, 5.41) is 9.24. The number of aryl methyl sites for hydroxylation is 2. The smallest absolute Gasteiger partial charge is 0.358 e. The predicted octanol–water partition coefficient (Wildman–Crippen LogP) is 3.42. The normalized spacial score (nSPS) is 10.7. The number of aromatic carboxylic acids is 1. The molecule has 21 heavy (non-hydrogen) atoms. The number of rotatable bonds is 5. The summed E-state index contributed by atoms with van der Waals surface area (Å²) >= 11 is 0. The number of hydrogen-bond acceptors (Lipinski definition) is 4. The predicted molar refractivity (Wildman–Crippen MR) is 75.0 cm³/mol. The average molecular weight is 283 g/mol. The van der Waals surface area contributed by atoms with Gasteiger partial charge in [-0.3, -0.25) is 0 Å². The highest BCUT2D eigenvalue weighted by Gasteiger charge is 2.20. The molecular weight excluding hydrogens is 270 g/mol. The van der Waals surface area contributed by atoms with Crippen LogP contribution in [0.2, 0.25) is 0 Å². The van der Waals surface area contributed by atoms with Gasteiger partial charge in [0.15, 0.2) is 5.69 Å². The van der Waals surface area contributed by atoms with E-state index in [0.717, 1.165) is 11.3 Å². The van der Waals surface area contributed by atoms with Gasteiger partial charge >= 0.3 is 5.97 Å². The van der Waals surface area contributed by atoms with Crippen molar-refractivity contribution in [3.8, 4) is 11.5 Å². The van der Waals surface area contributed by atoms with Gasteiger partial charge < -0.3 is 13.9 Å². The molecule has 0 saturated heterocycles. The molecule has 2 aromatic heterocycles. The third-order valence-corrected chi connectivity index (χ3v) is 3.10. The Labute approximate surface area is 120 Å². The molecule has 0 aliphatic heterocycles. The zero-order valence-electron chi connectivity index (χ0n) is 11.2. The number of carbonyl (C=O) groups is 1.